The molecule has 0 N–H and O–H groups in total. The van der Waals surface area contributed by atoms with Crippen molar-refractivity contribution in [2.24, 2.45) is 17.3 Å². The first-order chi connectivity index (χ1) is 9.91. The fourth-order valence-electron chi connectivity index (χ4n) is 3.70. The van der Waals surface area contributed by atoms with Crippen molar-refractivity contribution in [3.05, 3.63) is 47.0 Å². The van der Waals surface area contributed by atoms with E-state index in [4.69, 9.17) is 0 Å². The van der Waals surface area contributed by atoms with Gasteiger partial charge in [0.15, 0.2) is 0 Å². The summed E-state index contributed by atoms with van der Waals surface area (Å²) in [7, 11) is 0. The van der Waals surface area contributed by atoms with E-state index in [0.29, 0.717) is 11.8 Å². The molecule has 1 amide bonds. The predicted octanol–water partition coefficient (Wildman–Crippen LogP) is 3.81. The molecule has 1 fully saturated rings. The highest BCUT2D eigenvalue weighted by atomic mass is 16.2. The molecule has 2 heteroatoms. The molecule has 1 saturated carbocycles. The highest BCUT2D eigenvalue weighted by molar-refractivity contribution is 5.84. The Morgan fingerprint density at radius 2 is 1.90 bits per heavy atom. The van der Waals surface area contributed by atoms with Crippen molar-refractivity contribution in [1.29, 1.82) is 0 Å². The Labute approximate surface area is 127 Å². The number of hydrogen-bond acceptors (Lipinski definition) is 1. The first kappa shape index (κ1) is 14.4. The number of nitrogens with zero attached hydrogens (tertiary/aromatic N) is 1. The minimum Gasteiger partial charge on any atom is -0.338 e. The number of benzene rings is 1. The van der Waals surface area contributed by atoms with Gasteiger partial charge in [-0.1, -0.05) is 49.8 Å². The molecule has 0 radical (unpaired) electrons. The van der Waals surface area contributed by atoms with Gasteiger partial charge < -0.3 is 4.90 Å². The van der Waals surface area contributed by atoms with E-state index in [1.807, 2.05) is 0 Å². The smallest absolute Gasteiger partial charge is 0.227 e. The lowest BCUT2D eigenvalue weighted by Gasteiger charge is -2.29. The lowest BCUT2D eigenvalue weighted by atomic mass is 9.99. The van der Waals surface area contributed by atoms with Gasteiger partial charge in [0.05, 0.1) is 5.92 Å². The van der Waals surface area contributed by atoms with Crippen molar-refractivity contribution in [3.8, 4) is 0 Å². The molecular weight excluding hydrogens is 258 g/mol. The van der Waals surface area contributed by atoms with Crippen molar-refractivity contribution >= 4 is 5.91 Å². The summed E-state index contributed by atoms with van der Waals surface area (Å²) in [5, 5.41) is 0. The normalized spacial score (nSPS) is 26.0. The Hall–Kier alpha value is -1.57. The average molecular weight is 283 g/mol. The molecule has 1 heterocycles. The summed E-state index contributed by atoms with van der Waals surface area (Å²) in [5.41, 5.74) is 4.14. The second kappa shape index (κ2) is 5.01. The molecular formula is C19H25NO. The van der Waals surface area contributed by atoms with E-state index in [2.05, 4.69) is 62.9 Å². The number of rotatable bonds is 2. The van der Waals surface area contributed by atoms with Crippen LogP contribution in [0.5, 0.6) is 0 Å². The first-order valence-electron chi connectivity index (χ1n) is 7.92. The van der Waals surface area contributed by atoms with E-state index in [9.17, 15) is 4.79 Å². The van der Waals surface area contributed by atoms with Gasteiger partial charge in [-0.05, 0) is 42.7 Å². The molecule has 112 valence electrons. The van der Waals surface area contributed by atoms with Crippen molar-refractivity contribution in [1.82, 2.24) is 4.90 Å². The summed E-state index contributed by atoms with van der Waals surface area (Å²) in [6, 6.07) is 8.50. The van der Waals surface area contributed by atoms with E-state index in [1.165, 1.54) is 16.7 Å². The highest BCUT2D eigenvalue weighted by Gasteiger charge is 2.61. The standard InChI is InChI=1S/C19H25NO/c1-13(2)11-16-17(19(16,3)4)18(21)20-10-9-14-7-5-6-8-15(14)12-20/h5-8,11,16-17H,9-10,12H2,1-4H3. The third kappa shape index (κ3) is 2.52. The van der Waals surface area contributed by atoms with Gasteiger partial charge in [-0.2, -0.15) is 0 Å². The number of carbonyl (C=O) groups excluding carboxylic acids is 1. The third-order valence-electron chi connectivity index (χ3n) is 5.13. The van der Waals surface area contributed by atoms with Crippen LogP contribution < -0.4 is 0 Å². The van der Waals surface area contributed by atoms with Crippen LogP contribution in [0, 0.1) is 17.3 Å². The maximum Gasteiger partial charge on any atom is 0.227 e. The molecule has 0 aromatic heterocycles. The minimum atomic E-state index is 0.116. The molecule has 21 heavy (non-hydrogen) atoms. The number of fused-ring (bicyclic) bond motifs is 1. The summed E-state index contributed by atoms with van der Waals surface area (Å²) in [6.07, 6.45) is 3.27. The monoisotopic (exact) mass is 283 g/mol. The lowest BCUT2D eigenvalue weighted by Crippen LogP contribution is -2.37. The van der Waals surface area contributed by atoms with Crippen LogP contribution in [-0.2, 0) is 17.8 Å². The van der Waals surface area contributed by atoms with Gasteiger partial charge in [0.2, 0.25) is 5.91 Å². The van der Waals surface area contributed by atoms with Gasteiger partial charge in [-0.25, -0.2) is 0 Å². The van der Waals surface area contributed by atoms with Crippen molar-refractivity contribution in [3.63, 3.8) is 0 Å². The Morgan fingerprint density at radius 1 is 1.24 bits per heavy atom. The molecule has 2 unspecified atom stereocenters. The lowest BCUT2D eigenvalue weighted by molar-refractivity contribution is -0.134. The van der Waals surface area contributed by atoms with E-state index >= 15 is 0 Å². The molecule has 2 atom stereocenters. The summed E-state index contributed by atoms with van der Waals surface area (Å²) in [6.45, 7) is 10.3. The van der Waals surface area contributed by atoms with E-state index in [1.54, 1.807) is 0 Å². The highest BCUT2D eigenvalue weighted by Crippen LogP contribution is 2.60. The SMILES string of the molecule is CC(C)=CC1C(C(=O)N2CCc3ccccc3C2)C1(C)C. The molecule has 0 saturated heterocycles. The van der Waals surface area contributed by atoms with Gasteiger partial charge in [0, 0.05) is 13.1 Å². The van der Waals surface area contributed by atoms with Crippen LogP contribution in [0.15, 0.2) is 35.9 Å². The van der Waals surface area contributed by atoms with Crippen LogP contribution in [0.4, 0.5) is 0 Å². The van der Waals surface area contributed by atoms with Crippen LogP contribution in [0.2, 0.25) is 0 Å². The Bertz CT molecular complexity index is 595. The van der Waals surface area contributed by atoms with E-state index in [0.717, 1.165) is 19.5 Å². The minimum absolute atomic E-state index is 0.116. The van der Waals surface area contributed by atoms with Gasteiger partial charge in [0.25, 0.3) is 0 Å². The maximum atomic E-state index is 12.9. The van der Waals surface area contributed by atoms with Crippen molar-refractivity contribution in [2.45, 2.75) is 40.7 Å². The molecule has 2 aliphatic rings. The van der Waals surface area contributed by atoms with Gasteiger partial charge in [0.1, 0.15) is 0 Å². The number of allylic oxidation sites excluding steroid dienone is 2. The summed E-state index contributed by atoms with van der Waals surface area (Å²) < 4.78 is 0. The van der Waals surface area contributed by atoms with Crippen LogP contribution in [0.25, 0.3) is 0 Å². The molecule has 1 aliphatic heterocycles. The topological polar surface area (TPSA) is 20.3 Å². The van der Waals surface area contributed by atoms with Gasteiger partial charge in [-0.15, -0.1) is 0 Å². The molecule has 1 aromatic rings. The van der Waals surface area contributed by atoms with Crippen LogP contribution >= 0.6 is 0 Å². The van der Waals surface area contributed by atoms with Crippen LogP contribution in [-0.4, -0.2) is 17.4 Å². The summed E-state index contributed by atoms with van der Waals surface area (Å²) in [4.78, 5) is 14.9. The predicted molar refractivity (Wildman–Crippen MR) is 85.8 cm³/mol. The Balaban J connectivity index is 1.75. The Kier molecular flexibility index (Phi) is 3.43. The number of hydrogen-bond donors (Lipinski definition) is 0. The molecule has 1 aliphatic carbocycles. The molecule has 3 rings (SSSR count). The molecule has 2 nitrogen and oxygen atoms in total. The zero-order chi connectivity index (χ0) is 15.2. The number of carbonyl (C=O) groups is 1. The first-order valence-corrected chi connectivity index (χ1v) is 7.92. The van der Waals surface area contributed by atoms with Crippen molar-refractivity contribution in [2.75, 3.05) is 6.54 Å². The largest absolute Gasteiger partial charge is 0.338 e. The van der Waals surface area contributed by atoms with Gasteiger partial charge in [-0.3, -0.25) is 4.79 Å². The van der Waals surface area contributed by atoms with E-state index < -0.39 is 0 Å². The fraction of sp³-hybridized carbons (Fsp3) is 0.526. The van der Waals surface area contributed by atoms with E-state index in [-0.39, 0.29) is 11.3 Å². The van der Waals surface area contributed by atoms with Crippen LogP contribution in [0.1, 0.15) is 38.8 Å². The van der Waals surface area contributed by atoms with Crippen molar-refractivity contribution < 1.29 is 4.79 Å². The number of amides is 1. The second-order valence-corrected chi connectivity index (χ2v) is 7.35. The molecule has 0 spiro atoms. The average Bonchev–Trinajstić information content (AvgIpc) is 2.97. The second-order valence-electron chi connectivity index (χ2n) is 7.35. The quantitative estimate of drug-likeness (QED) is 0.756. The summed E-state index contributed by atoms with van der Waals surface area (Å²) >= 11 is 0. The van der Waals surface area contributed by atoms with Crippen LogP contribution in [0.3, 0.4) is 0 Å². The molecule has 0 bridgehead atoms. The third-order valence-corrected chi connectivity index (χ3v) is 5.13. The fourth-order valence-corrected chi connectivity index (χ4v) is 3.70. The Morgan fingerprint density at radius 3 is 2.57 bits per heavy atom. The van der Waals surface area contributed by atoms with Gasteiger partial charge >= 0.3 is 0 Å². The maximum absolute atomic E-state index is 12.9. The zero-order valence-corrected chi connectivity index (χ0v) is 13.5. The summed E-state index contributed by atoms with van der Waals surface area (Å²) in [5.74, 6) is 0.918. The molecule has 1 aromatic carbocycles. The zero-order valence-electron chi connectivity index (χ0n) is 13.5.